The van der Waals surface area contributed by atoms with Gasteiger partial charge in [-0.05, 0) is 29.7 Å². The van der Waals surface area contributed by atoms with Crippen LogP contribution in [-0.2, 0) is 4.79 Å². The van der Waals surface area contributed by atoms with Gasteiger partial charge in [0.05, 0.1) is 22.5 Å². The summed E-state index contributed by atoms with van der Waals surface area (Å²) in [4.78, 5) is 36.7. The molecule has 3 N–H and O–H groups in total. The summed E-state index contributed by atoms with van der Waals surface area (Å²) in [5.74, 6) is -0.171. The maximum Gasteiger partial charge on any atom is 0.275 e. The van der Waals surface area contributed by atoms with E-state index in [9.17, 15) is 9.59 Å². The Morgan fingerprint density at radius 1 is 1.07 bits per heavy atom. The molecule has 0 spiro atoms. The first-order chi connectivity index (χ1) is 14.5. The number of aromatic amines is 1. The average molecular weight is 420 g/mol. The molecule has 7 nitrogen and oxygen atoms in total. The number of carbonyl (C=O) groups is 2. The molecule has 8 heteroatoms. The van der Waals surface area contributed by atoms with Gasteiger partial charge in [0.1, 0.15) is 5.69 Å². The highest BCUT2D eigenvalue weighted by Gasteiger charge is 2.24. The molecule has 0 fully saturated rings. The minimum Gasteiger partial charge on any atom is -0.324 e. The van der Waals surface area contributed by atoms with Gasteiger partial charge in [0.25, 0.3) is 5.91 Å². The van der Waals surface area contributed by atoms with Crippen molar-refractivity contribution < 1.29 is 9.59 Å². The quantitative estimate of drug-likeness (QED) is 0.423. The first-order valence-electron chi connectivity index (χ1n) is 9.56. The van der Waals surface area contributed by atoms with E-state index in [1.54, 1.807) is 29.1 Å². The molecule has 2 amide bonds. The van der Waals surface area contributed by atoms with E-state index in [2.05, 4.69) is 25.6 Å². The Bertz CT molecular complexity index is 1170. The van der Waals surface area contributed by atoms with Gasteiger partial charge in [-0.25, -0.2) is 9.97 Å². The van der Waals surface area contributed by atoms with Gasteiger partial charge < -0.3 is 10.3 Å². The van der Waals surface area contributed by atoms with Crippen LogP contribution in [0.1, 0.15) is 35.8 Å². The van der Waals surface area contributed by atoms with Crippen molar-refractivity contribution in [3.8, 4) is 0 Å². The zero-order valence-corrected chi connectivity index (χ0v) is 17.4. The fraction of sp³-hybridized carbons (Fsp3) is 0.182. The van der Waals surface area contributed by atoms with E-state index >= 15 is 0 Å². The highest BCUT2D eigenvalue weighted by atomic mass is 32.1. The van der Waals surface area contributed by atoms with Crippen LogP contribution in [0.15, 0.2) is 59.4 Å². The van der Waals surface area contributed by atoms with Crippen LogP contribution in [0.25, 0.3) is 11.0 Å². The topological polar surface area (TPSA) is 99.8 Å². The lowest BCUT2D eigenvalue weighted by atomic mass is 9.88. The third kappa shape index (κ3) is 4.23. The number of fused-ring (bicyclic) bond motifs is 1. The van der Waals surface area contributed by atoms with Gasteiger partial charge in [-0.3, -0.25) is 14.9 Å². The molecule has 4 rings (SSSR count). The smallest absolute Gasteiger partial charge is 0.275 e. The molecule has 0 aliphatic carbocycles. The van der Waals surface area contributed by atoms with E-state index in [-0.39, 0.29) is 23.7 Å². The standard InChI is InChI=1S/C22H21N5O2S/c1-13(2)19(14-6-4-3-5-7-14)21(29)27-22-25-16-9-8-15(10-17(16)26-22)24-20(28)18-11-30-12-23-18/h3-13,19H,1-2H3,(H,24,28)(H2,25,26,27,29). The molecule has 1 unspecified atom stereocenters. The lowest BCUT2D eigenvalue weighted by Crippen LogP contribution is -2.25. The lowest BCUT2D eigenvalue weighted by molar-refractivity contribution is -0.118. The molecular formula is C22H21N5O2S. The highest BCUT2D eigenvalue weighted by molar-refractivity contribution is 7.07. The number of rotatable bonds is 6. The number of thiazole rings is 1. The van der Waals surface area contributed by atoms with Crippen molar-refractivity contribution in [1.29, 1.82) is 0 Å². The first kappa shape index (κ1) is 19.8. The molecule has 0 radical (unpaired) electrons. The van der Waals surface area contributed by atoms with Gasteiger partial charge >= 0.3 is 0 Å². The Labute approximate surface area is 177 Å². The van der Waals surface area contributed by atoms with Gasteiger partial charge in [0.15, 0.2) is 0 Å². The Morgan fingerprint density at radius 3 is 2.57 bits per heavy atom. The van der Waals surface area contributed by atoms with Gasteiger partial charge in [0.2, 0.25) is 11.9 Å². The maximum atomic E-state index is 12.9. The minimum absolute atomic E-state index is 0.118. The van der Waals surface area contributed by atoms with Gasteiger partial charge in [-0.2, -0.15) is 0 Å². The molecule has 0 aliphatic rings. The van der Waals surface area contributed by atoms with E-state index in [1.807, 2.05) is 44.2 Å². The fourth-order valence-corrected chi connectivity index (χ4v) is 3.89. The van der Waals surface area contributed by atoms with Crippen molar-refractivity contribution in [1.82, 2.24) is 15.0 Å². The summed E-state index contributed by atoms with van der Waals surface area (Å²) in [6, 6.07) is 15.0. The number of hydrogen-bond acceptors (Lipinski definition) is 5. The van der Waals surface area contributed by atoms with Crippen molar-refractivity contribution in [2.75, 3.05) is 10.6 Å². The van der Waals surface area contributed by atoms with Crippen LogP contribution in [0.2, 0.25) is 0 Å². The molecular weight excluding hydrogens is 398 g/mol. The molecule has 2 aromatic carbocycles. The number of benzene rings is 2. The molecule has 0 saturated heterocycles. The summed E-state index contributed by atoms with van der Waals surface area (Å²) in [6.45, 7) is 4.04. The van der Waals surface area contributed by atoms with Gasteiger partial charge in [0, 0.05) is 11.1 Å². The van der Waals surface area contributed by atoms with Crippen molar-refractivity contribution in [3.63, 3.8) is 0 Å². The first-order valence-corrected chi connectivity index (χ1v) is 10.5. The average Bonchev–Trinajstić information content (AvgIpc) is 3.38. The van der Waals surface area contributed by atoms with E-state index < -0.39 is 0 Å². The van der Waals surface area contributed by atoms with Crippen molar-refractivity contribution >= 4 is 45.8 Å². The Kier molecular flexibility index (Phi) is 5.58. The van der Waals surface area contributed by atoms with Crippen LogP contribution >= 0.6 is 11.3 Å². The largest absolute Gasteiger partial charge is 0.324 e. The number of hydrogen-bond donors (Lipinski definition) is 3. The number of amides is 2. The summed E-state index contributed by atoms with van der Waals surface area (Å²) < 4.78 is 0. The van der Waals surface area contributed by atoms with Crippen LogP contribution in [0.5, 0.6) is 0 Å². The Balaban J connectivity index is 1.52. The van der Waals surface area contributed by atoms with E-state index in [0.29, 0.717) is 28.4 Å². The number of anilines is 2. The molecule has 2 aromatic heterocycles. The lowest BCUT2D eigenvalue weighted by Gasteiger charge is -2.19. The third-order valence-electron chi connectivity index (χ3n) is 4.75. The maximum absolute atomic E-state index is 12.9. The van der Waals surface area contributed by atoms with Crippen LogP contribution in [0.4, 0.5) is 11.6 Å². The molecule has 0 saturated carbocycles. The number of imidazole rings is 1. The molecule has 0 aliphatic heterocycles. The second-order valence-corrected chi connectivity index (χ2v) is 7.99. The molecule has 0 bridgehead atoms. The summed E-state index contributed by atoms with van der Waals surface area (Å²) in [5, 5.41) is 7.39. The number of nitrogens with one attached hydrogen (secondary N) is 3. The third-order valence-corrected chi connectivity index (χ3v) is 5.34. The summed E-state index contributed by atoms with van der Waals surface area (Å²) in [6.07, 6.45) is 0. The van der Waals surface area contributed by atoms with E-state index in [4.69, 9.17) is 0 Å². The number of aromatic nitrogens is 3. The number of carbonyl (C=O) groups excluding carboxylic acids is 2. The zero-order chi connectivity index (χ0) is 21.1. The Hall–Kier alpha value is -3.52. The molecule has 1 atom stereocenters. The van der Waals surface area contributed by atoms with Crippen LogP contribution < -0.4 is 10.6 Å². The summed E-state index contributed by atoms with van der Waals surface area (Å²) in [7, 11) is 0. The summed E-state index contributed by atoms with van der Waals surface area (Å²) in [5.41, 5.74) is 4.97. The fourth-order valence-electron chi connectivity index (χ4n) is 3.36. The second kappa shape index (κ2) is 8.46. The van der Waals surface area contributed by atoms with Crippen molar-refractivity contribution in [2.45, 2.75) is 19.8 Å². The molecule has 152 valence electrons. The minimum atomic E-state index is -0.285. The molecule has 4 aromatic rings. The van der Waals surface area contributed by atoms with Gasteiger partial charge in [-0.1, -0.05) is 44.2 Å². The second-order valence-electron chi connectivity index (χ2n) is 7.27. The van der Waals surface area contributed by atoms with E-state index in [0.717, 1.165) is 5.56 Å². The monoisotopic (exact) mass is 419 g/mol. The number of nitrogens with zero attached hydrogens (tertiary/aromatic N) is 2. The molecule has 2 heterocycles. The van der Waals surface area contributed by atoms with Crippen LogP contribution in [0, 0.1) is 5.92 Å². The van der Waals surface area contributed by atoms with Gasteiger partial charge in [-0.15, -0.1) is 11.3 Å². The van der Waals surface area contributed by atoms with Crippen molar-refractivity contribution in [3.05, 3.63) is 70.7 Å². The zero-order valence-electron chi connectivity index (χ0n) is 16.5. The predicted molar refractivity (Wildman–Crippen MR) is 119 cm³/mol. The van der Waals surface area contributed by atoms with Crippen LogP contribution in [-0.4, -0.2) is 26.8 Å². The van der Waals surface area contributed by atoms with E-state index in [1.165, 1.54) is 11.3 Å². The van der Waals surface area contributed by atoms with Crippen LogP contribution in [0.3, 0.4) is 0 Å². The predicted octanol–water partition coefficient (Wildman–Crippen LogP) is 4.65. The normalized spacial score (nSPS) is 12.1. The highest BCUT2D eigenvalue weighted by Crippen LogP contribution is 2.26. The molecule has 30 heavy (non-hydrogen) atoms. The SMILES string of the molecule is CC(C)C(C(=O)Nc1nc2ccc(NC(=O)c3cscn3)cc2[nH]1)c1ccccc1. The van der Waals surface area contributed by atoms with Crippen molar-refractivity contribution in [2.24, 2.45) is 5.92 Å². The Morgan fingerprint density at radius 2 is 1.87 bits per heavy atom. The summed E-state index contributed by atoms with van der Waals surface area (Å²) >= 11 is 1.36. The number of H-pyrrole nitrogens is 1.